The average molecular weight is 202 g/mol. The smallest absolute Gasteiger partial charge is 0.141 e. The van der Waals surface area contributed by atoms with Crippen molar-refractivity contribution in [2.75, 3.05) is 7.11 Å². The Morgan fingerprint density at radius 2 is 2.40 bits per heavy atom. The van der Waals surface area contributed by atoms with Crippen LogP contribution in [0.15, 0.2) is 24.0 Å². The van der Waals surface area contributed by atoms with Crippen molar-refractivity contribution in [1.29, 1.82) is 0 Å². The van der Waals surface area contributed by atoms with Crippen LogP contribution in [-0.4, -0.2) is 12.9 Å². The maximum absolute atomic E-state index is 12.1. The fourth-order valence-electron chi connectivity index (χ4n) is 4.69. The van der Waals surface area contributed by atoms with E-state index in [1.54, 1.807) is 7.11 Å². The first-order valence-electron chi connectivity index (χ1n) is 5.74. The molecule has 4 unspecified atom stereocenters. The van der Waals surface area contributed by atoms with Crippen LogP contribution in [-0.2, 0) is 9.53 Å². The minimum atomic E-state index is 0.0938. The first-order chi connectivity index (χ1) is 7.26. The van der Waals surface area contributed by atoms with Crippen molar-refractivity contribution < 1.29 is 9.53 Å². The molecule has 0 N–H and O–H groups in total. The molecule has 15 heavy (non-hydrogen) atoms. The van der Waals surface area contributed by atoms with E-state index in [1.165, 1.54) is 6.42 Å². The summed E-state index contributed by atoms with van der Waals surface area (Å²) in [5, 5.41) is 0. The molecule has 0 aromatic carbocycles. The van der Waals surface area contributed by atoms with E-state index in [0.717, 1.165) is 18.6 Å². The standard InChI is InChI=1S/C13H14O2/c1-15-9-3-2-5-12-6-4-8-7-13(9,12)11(12)10(8)14/h2-3,5,8,11H,4,6-7H2,1H3. The average Bonchev–Trinajstić information content (AvgIpc) is 2.81. The number of methoxy groups -OCH3 is 1. The Kier molecular flexibility index (Phi) is 1.12. The summed E-state index contributed by atoms with van der Waals surface area (Å²) in [4.78, 5) is 12.1. The van der Waals surface area contributed by atoms with Gasteiger partial charge in [0.2, 0.25) is 0 Å². The molecule has 4 saturated carbocycles. The van der Waals surface area contributed by atoms with Crippen molar-refractivity contribution >= 4 is 5.78 Å². The second kappa shape index (κ2) is 2.06. The van der Waals surface area contributed by atoms with E-state index in [1.807, 2.05) is 0 Å². The van der Waals surface area contributed by atoms with E-state index in [-0.39, 0.29) is 16.7 Å². The van der Waals surface area contributed by atoms with Crippen LogP contribution in [0.3, 0.4) is 0 Å². The largest absolute Gasteiger partial charge is 0.500 e. The zero-order chi connectivity index (χ0) is 10.3. The molecule has 0 heterocycles. The molecular weight excluding hydrogens is 188 g/mol. The first-order valence-corrected chi connectivity index (χ1v) is 5.74. The monoisotopic (exact) mass is 202 g/mol. The van der Waals surface area contributed by atoms with Crippen LogP contribution >= 0.6 is 0 Å². The van der Waals surface area contributed by atoms with Gasteiger partial charge in [0.25, 0.3) is 0 Å². The highest BCUT2D eigenvalue weighted by Crippen LogP contribution is 2.85. The predicted octanol–water partition coefficient (Wildman–Crippen LogP) is 2.07. The quantitative estimate of drug-likeness (QED) is 0.650. The van der Waals surface area contributed by atoms with Gasteiger partial charge in [0.05, 0.1) is 7.11 Å². The SMILES string of the molecule is COC1=CC=CC23CCC4CC12C3C4=O. The lowest BCUT2D eigenvalue weighted by molar-refractivity contribution is -0.125. The van der Waals surface area contributed by atoms with Crippen molar-refractivity contribution in [2.45, 2.75) is 19.3 Å². The number of rotatable bonds is 1. The van der Waals surface area contributed by atoms with Gasteiger partial charge in [-0.05, 0) is 25.3 Å². The Morgan fingerprint density at radius 1 is 1.53 bits per heavy atom. The molecule has 0 amide bonds. The van der Waals surface area contributed by atoms with E-state index in [2.05, 4.69) is 18.2 Å². The highest BCUT2D eigenvalue weighted by atomic mass is 16.5. The molecule has 0 aliphatic heterocycles. The van der Waals surface area contributed by atoms with Crippen molar-refractivity contribution in [1.82, 2.24) is 0 Å². The summed E-state index contributed by atoms with van der Waals surface area (Å²) < 4.78 is 5.50. The van der Waals surface area contributed by atoms with Crippen LogP contribution in [0.5, 0.6) is 0 Å². The van der Waals surface area contributed by atoms with Crippen molar-refractivity contribution in [3.63, 3.8) is 0 Å². The molecule has 5 rings (SSSR count). The van der Waals surface area contributed by atoms with E-state index in [9.17, 15) is 4.79 Å². The zero-order valence-electron chi connectivity index (χ0n) is 8.82. The molecule has 4 fully saturated rings. The molecule has 5 aliphatic carbocycles. The molecule has 0 saturated heterocycles. The van der Waals surface area contributed by atoms with Crippen LogP contribution in [0.25, 0.3) is 0 Å². The fourth-order valence-corrected chi connectivity index (χ4v) is 4.69. The van der Waals surface area contributed by atoms with Crippen LogP contribution in [0.1, 0.15) is 19.3 Å². The molecule has 4 atom stereocenters. The summed E-state index contributed by atoms with van der Waals surface area (Å²) in [6.07, 6.45) is 9.73. The third-order valence-corrected chi connectivity index (χ3v) is 5.22. The lowest BCUT2D eigenvalue weighted by atomic mass is 9.70. The molecule has 2 heteroatoms. The maximum atomic E-state index is 12.1. The van der Waals surface area contributed by atoms with Crippen LogP contribution in [0.2, 0.25) is 0 Å². The Balaban J connectivity index is 1.93. The number of carbonyl (C=O) groups is 1. The molecule has 0 radical (unpaired) electrons. The van der Waals surface area contributed by atoms with Crippen LogP contribution in [0.4, 0.5) is 0 Å². The number of ketones is 1. The Morgan fingerprint density at radius 3 is 3.20 bits per heavy atom. The number of hydrogen-bond acceptors (Lipinski definition) is 2. The highest BCUT2D eigenvalue weighted by Gasteiger charge is 2.86. The molecule has 4 bridgehead atoms. The summed E-state index contributed by atoms with van der Waals surface area (Å²) in [5.41, 5.74) is 0.259. The van der Waals surface area contributed by atoms with Gasteiger partial charge in [0.1, 0.15) is 11.5 Å². The third kappa shape index (κ3) is 0.575. The van der Waals surface area contributed by atoms with Gasteiger partial charge in [-0.3, -0.25) is 4.79 Å². The van der Waals surface area contributed by atoms with Gasteiger partial charge in [0, 0.05) is 22.7 Å². The van der Waals surface area contributed by atoms with Gasteiger partial charge < -0.3 is 4.74 Å². The molecule has 78 valence electrons. The Hall–Kier alpha value is -1.05. The molecule has 2 spiro atoms. The van der Waals surface area contributed by atoms with Gasteiger partial charge >= 0.3 is 0 Å². The number of allylic oxidation sites excluding steroid dienone is 4. The summed E-state index contributed by atoms with van der Waals surface area (Å²) in [6, 6.07) is 0. The summed E-state index contributed by atoms with van der Waals surface area (Å²) >= 11 is 0. The highest BCUT2D eigenvalue weighted by molar-refractivity contribution is 5.95. The van der Waals surface area contributed by atoms with Crippen molar-refractivity contribution in [3.05, 3.63) is 24.0 Å². The molecule has 5 aliphatic rings. The Bertz CT molecular complexity index is 434. The van der Waals surface area contributed by atoms with Crippen molar-refractivity contribution in [3.8, 4) is 0 Å². The summed E-state index contributed by atoms with van der Waals surface area (Å²) in [6.45, 7) is 0. The number of ether oxygens (including phenoxy) is 1. The maximum Gasteiger partial charge on any atom is 0.141 e. The Labute approximate surface area is 89.0 Å². The number of fused-ring (bicyclic) bond motifs is 1. The van der Waals surface area contributed by atoms with E-state index < -0.39 is 0 Å². The molecule has 2 nitrogen and oxygen atoms in total. The van der Waals surface area contributed by atoms with E-state index in [0.29, 0.717) is 11.7 Å². The van der Waals surface area contributed by atoms with Crippen LogP contribution < -0.4 is 0 Å². The third-order valence-electron chi connectivity index (χ3n) is 5.22. The van der Waals surface area contributed by atoms with Crippen LogP contribution in [0, 0.1) is 22.7 Å². The predicted molar refractivity (Wildman–Crippen MR) is 54.9 cm³/mol. The lowest BCUT2D eigenvalue weighted by Crippen LogP contribution is -2.30. The molecule has 0 aromatic rings. The number of Topliss-reactive ketones (excluding diaryl/α,β-unsaturated/α-hetero) is 1. The normalized spacial score (nSPS) is 53.7. The number of carbonyl (C=O) groups excluding carboxylic acids is 1. The van der Waals surface area contributed by atoms with E-state index in [4.69, 9.17) is 4.74 Å². The van der Waals surface area contributed by atoms with Gasteiger partial charge in [-0.15, -0.1) is 0 Å². The minimum Gasteiger partial charge on any atom is -0.500 e. The second-order valence-electron chi connectivity index (χ2n) is 5.38. The topological polar surface area (TPSA) is 26.3 Å². The zero-order valence-corrected chi connectivity index (χ0v) is 8.82. The first kappa shape index (κ1) is 8.14. The molecule has 0 aromatic heterocycles. The van der Waals surface area contributed by atoms with Gasteiger partial charge in [-0.1, -0.05) is 12.2 Å². The summed E-state index contributed by atoms with van der Waals surface area (Å²) in [5.74, 6) is 2.16. The summed E-state index contributed by atoms with van der Waals surface area (Å²) in [7, 11) is 1.74. The molecular formula is C13H14O2. The van der Waals surface area contributed by atoms with Gasteiger partial charge in [0.15, 0.2) is 0 Å². The second-order valence-corrected chi connectivity index (χ2v) is 5.38. The van der Waals surface area contributed by atoms with E-state index >= 15 is 0 Å². The van der Waals surface area contributed by atoms with Gasteiger partial charge in [-0.2, -0.15) is 0 Å². The minimum absolute atomic E-state index is 0.0938. The van der Waals surface area contributed by atoms with Crippen molar-refractivity contribution in [2.24, 2.45) is 22.7 Å². The van der Waals surface area contributed by atoms with Gasteiger partial charge in [-0.25, -0.2) is 0 Å². The lowest BCUT2D eigenvalue weighted by Gasteiger charge is -2.34. The fraction of sp³-hybridized carbons (Fsp3) is 0.615. The number of hydrogen-bond donors (Lipinski definition) is 0.